The molecule has 1 N–H and O–H groups in total. The first kappa shape index (κ1) is 21.2. The van der Waals surface area contributed by atoms with Crippen molar-refractivity contribution in [2.45, 2.75) is 57.8 Å². The number of carbonyl (C=O) groups excluding carboxylic acids is 1. The van der Waals surface area contributed by atoms with Crippen LogP contribution in [0.15, 0.2) is 18.3 Å². The first-order chi connectivity index (χ1) is 14.4. The Labute approximate surface area is 179 Å². The molecule has 7 nitrogen and oxygen atoms in total. The van der Waals surface area contributed by atoms with Gasteiger partial charge in [0, 0.05) is 48.9 Å². The molecule has 4 rings (SSSR count). The van der Waals surface area contributed by atoms with Crippen LogP contribution in [-0.2, 0) is 14.9 Å². The van der Waals surface area contributed by atoms with Crippen molar-refractivity contribution in [3.05, 3.63) is 29.7 Å². The molecular formula is C23H35N5O2. The Morgan fingerprint density at radius 1 is 1.20 bits per heavy atom. The van der Waals surface area contributed by atoms with Gasteiger partial charge in [0.25, 0.3) is 0 Å². The molecule has 0 atom stereocenters. The smallest absolute Gasteiger partial charge is 0.234 e. The molecule has 2 aromatic heterocycles. The summed E-state index contributed by atoms with van der Waals surface area (Å²) in [5.41, 5.74) is 3.31. The second-order valence-corrected chi connectivity index (χ2v) is 9.83. The van der Waals surface area contributed by atoms with Crippen molar-refractivity contribution in [3.8, 4) is 0 Å². The van der Waals surface area contributed by atoms with E-state index in [4.69, 9.17) is 9.84 Å². The molecule has 7 heteroatoms. The maximum atomic E-state index is 12.3. The molecule has 1 aliphatic carbocycles. The minimum atomic E-state index is 0.0159. The van der Waals surface area contributed by atoms with Crippen LogP contribution in [-0.4, -0.2) is 64.8 Å². The molecule has 1 amide bonds. The molecule has 0 unspecified atom stereocenters. The van der Waals surface area contributed by atoms with E-state index in [-0.39, 0.29) is 11.3 Å². The van der Waals surface area contributed by atoms with Crippen molar-refractivity contribution in [1.82, 2.24) is 24.8 Å². The molecule has 164 valence electrons. The van der Waals surface area contributed by atoms with E-state index >= 15 is 0 Å². The number of fused-ring (bicyclic) bond motifs is 1. The molecule has 1 aliphatic heterocycles. The van der Waals surface area contributed by atoms with Crippen molar-refractivity contribution < 1.29 is 9.53 Å². The quantitative estimate of drug-likeness (QED) is 0.816. The second kappa shape index (κ2) is 9.02. The van der Waals surface area contributed by atoms with Crippen molar-refractivity contribution >= 4 is 11.6 Å². The van der Waals surface area contributed by atoms with Gasteiger partial charge >= 0.3 is 0 Å². The fourth-order valence-electron chi connectivity index (χ4n) is 4.53. The van der Waals surface area contributed by atoms with Crippen molar-refractivity contribution in [2.75, 3.05) is 39.4 Å². The normalized spacial score (nSPS) is 23.6. The van der Waals surface area contributed by atoms with E-state index in [9.17, 15) is 4.79 Å². The lowest BCUT2D eigenvalue weighted by atomic mass is 9.80. The van der Waals surface area contributed by atoms with Crippen LogP contribution in [0.4, 0.5) is 0 Å². The molecule has 0 spiro atoms. The first-order valence-corrected chi connectivity index (χ1v) is 11.3. The van der Waals surface area contributed by atoms with Gasteiger partial charge in [-0.05, 0) is 37.7 Å². The van der Waals surface area contributed by atoms with Gasteiger partial charge in [-0.2, -0.15) is 5.10 Å². The number of morpholine rings is 1. The Balaban J connectivity index is 1.30. The van der Waals surface area contributed by atoms with Crippen LogP contribution in [0.2, 0.25) is 0 Å². The zero-order chi connectivity index (χ0) is 21.1. The van der Waals surface area contributed by atoms with Crippen LogP contribution in [0.25, 0.3) is 5.65 Å². The predicted molar refractivity (Wildman–Crippen MR) is 117 cm³/mol. The van der Waals surface area contributed by atoms with Gasteiger partial charge < -0.3 is 10.1 Å². The zero-order valence-electron chi connectivity index (χ0n) is 18.6. The molecule has 0 radical (unpaired) electrons. The molecule has 2 aliphatic rings. The van der Waals surface area contributed by atoms with Crippen LogP contribution >= 0.6 is 0 Å². The van der Waals surface area contributed by atoms with E-state index < -0.39 is 0 Å². The van der Waals surface area contributed by atoms with Gasteiger partial charge in [0.1, 0.15) is 0 Å². The summed E-state index contributed by atoms with van der Waals surface area (Å²) in [4.78, 5) is 18.9. The average molecular weight is 414 g/mol. The molecule has 0 bridgehead atoms. The number of rotatable bonds is 5. The topological polar surface area (TPSA) is 71.8 Å². The number of hydrogen-bond acceptors (Lipinski definition) is 5. The van der Waals surface area contributed by atoms with Crippen LogP contribution in [0.1, 0.15) is 63.8 Å². The Bertz CT molecular complexity index is 858. The molecule has 30 heavy (non-hydrogen) atoms. The maximum absolute atomic E-state index is 12.3. The first-order valence-electron chi connectivity index (χ1n) is 11.3. The van der Waals surface area contributed by atoms with Gasteiger partial charge in [0.05, 0.1) is 25.5 Å². The summed E-state index contributed by atoms with van der Waals surface area (Å²) < 4.78 is 7.40. The number of nitrogens with zero attached hydrogens (tertiary/aromatic N) is 4. The lowest BCUT2D eigenvalue weighted by Crippen LogP contribution is -2.44. The van der Waals surface area contributed by atoms with E-state index in [0.29, 0.717) is 18.4 Å². The van der Waals surface area contributed by atoms with Gasteiger partial charge in [-0.1, -0.05) is 20.8 Å². The lowest BCUT2D eigenvalue weighted by molar-refractivity contribution is -0.123. The number of amides is 1. The minimum absolute atomic E-state index is 0.0159. The highest BCUT2D eigenvalue weighted by molar-refractivity contribution is 5.78. The van der Waals surface area contributed by atoms with Gasteiger partial charge in [-0.3, -0.25) is 9.69 Å². The van der Waals surface area contributed by atoms with Crippen LogP contribution in [0.3, 0.4) is 0 Å². The second-order valence-electron chi connectivity index (χ2n) is 9.83. The molecule has 2 aromatic rings. The summed E-state index contributed by atoms with van der Waals surface area (Å²) in [6.07, 6.45) is 6.46. The number of ether oxygens (including phenoxy) is 1. The Kier molecular flexibility index (Phi) is 6.39. The minimum Gasteiger partial charge on any atom is -0.379 e. The van der Waals surface area contributed by atoms with E-state index in [0.717, 1.165) is 69.9 Å². The summed E-state index contributed by atoms with van der Waals surface area (Å²) >= 11 is 0. The molecule has 1 saturated carbocycles. The van der Waals surface area contributed by atoms with Crippen LogP contribution in [0.5, 0.6) is 0 Å². The predicted octanol–water partition coefficient (Wildman–Crippen LogP) is 2.75. The van der Waals surface area contributed by atoms with Gasteiger partial charge in [-0.25, -0.2) is 9.50 Å². The van der Waals surface area contributed by atoms with Crippen molar-refractivity contribution in [3.63, 3.8) is 0 Å². The maximum Gasteiger partial charge on any atom is 0.234 e. The molecular weight excluding hydrogens is 378 g/mol. The molecule has 3 heterocycles. The van der Waals surface area contributed by atoms with E-state index in [2.05, 4.69) is 52.6 Å². The number of carbonyl (C=O) groups is 1. The fraction of sp³-hybridized carbons (Fsp3) is 0.696. The Morgan fingerprint density at radius 3 is 2.63 bits per heavy atom. The highest BCUT2D eigenvalue weighted by Gasteiger charge is 2.26. The number of hydrogen-bond donors (Lipinski definition) is 1. The monoisotopic (exact) mass is 413 g/mol. The van der Waals surface area contributed by atoms with E-state index in [1.165, 1.54) is 5.69 Å². The number of nitrogens with one attached hydrogen (secondary N) is 1. The van der Waals surface area contributed by atoms with Crippen LogP contribution < -0.4 is 5.32 Å². The summed E-state index contributed by atoms with van der Waals surface area (Å²) in [7, 11) is 0. The van der Waals surface area contributed by atoms with Gasteiger partial charge in [-0.15, -0.1) is 0 Å². The molecule has 0 aromatic carbocycles. The third kappa shape index (κ3) is 5.01. The summed E-state index contributed by atoms with van der Waals surface area (Å²) in [6, 6.07) is 4.24. The third-order valence-electron chi connectivity index (χ3n) is 6.48. The van der Waals surface area contributed by atoms with Crippen LogP contribution in [0, 0.1) is 5.92 Å². The Morgan fingerprint density at radius 2 is 1.93 bits per heavy atom. The summed E-state index contributed by atoms with van der Waals surface area (Å²) in [6.45, 7) is 11.0. The molecule has 1 saturated heterocycles. The zero-order valence-corrected chi connectivity index (χ0v) is 18.6. The van der Waals surface area contributed by atoms with E-state index in [1.54, 1.807) is 0 Å². The highest BCUT2D eigenvalue weighted by Crippen LogP contribution is 2.36. The third-order valence-corrected chi connectivity index (χ3v) is 6.48. The van der Waals surface area contributed by atoms with Gasteiger partial charge in [0.2, 0.25) is 5.91 Å². The summed E-state index contributed by atoms with van der Waals surface area (Å²) in [5.74, 6) is 1.21. The molecule has 2 fully saturated rings. The largest absolute Gasteiger partial charge is 0.379 e. The number of aromatic nitrogens is 3. The van der Waals surface area contributed by atoms with Crippen molar-refractivity contribution in [1.29, 1.82) is 0 Å². The van der Waals surface area contributed by atoms with E-state index in [1.807, 2.05) is 6.20 Å². The SMILES string of the molecule is CC(C)(C)c1cc2nccc(C3CCC(CNC(=O)CN4CCOCC4)CC3)n2n1. The average Bonchev–Trinajstić information content (AvgIpc) is 3.19. The lowest BCUT2D eigenvalue weighted by Gasteiger charge is -2.29. The van der Waals surface area contributed by atoms with Gasteiger partial charge in [0.15, 0.2) is 5.65 Å². The standard InChI is InChI=1S/C23H35N5O2/c1-23(2,3)20-14-21-24-9-8-19(28(21)26-20)18-6-4-17(5-7-18)15-25-22(29)16-27-10-12-30-13-11-27/h8-9,14,17-18H,4-7,10-13,15-16H2,1-3H3,(H,25,29). The fourth-order valence-corrected chi connectivity index (χ4v) is 4.53. The highest BCUT2D eigenvalue weighted by atomic mass is 16.5. The summed E-state index contributed by atoms with van der Waals surface area (Å²) in [5, 5.41) is 8.03. The van der Waals surface area contributed by atoms with Crippen molar-refractivity contribution in [2.24, 2.45) is 5.92 Å². The Hall–Kier alpha value is -1.99.